The maximum absolute atomic E-state index is 13.5. The molecule has 0 saturated heterocycles. The number of nitrogens with one attached hydrogen (secondary N) is 1. The fourth-order valence-electron chi connectivity index (χ4n) is 3.67. The number of hydrogen-bond donors (Lipinski definition) is 1. The average Bonchev–Trinajstić information content (AvgIpc) is 2.88. The SMILES string of the molecule is CCN(CC)S(=O)(=O)c1ccc(NC(=O)CN(c2cccc(OC)c2)S(=O)(=O)c2ccc(C)cc2)cc1. The molecular formula is C26H31N3O6S2. The monoisotopic (exact) mass is 545 g/mol. The summed E-state index contributed by atoms with van der Waals surface area (Å²) in [5.74, 6) is -0.162. The molecule has 0 saturated carbocycles. The van der Waals surface area contributed by atoms with Gasteiger partial charge in [0, 0.05) is 24.8 Å². The lowest BCUT2D eigenvalue weighted by Crippen LogP contribution is -2.38. The highest BCUT2D eigenvalue weighted by Crippen LogP contribution is 2.27. The van der Waals surface area contributed by atoms with Crippen molar-refractivity contribution in [1.82, 2.24) is 4.31 Å². The molecule has 3 rings (SSSR count). The van der Waals surface area contributed by atoms with Crippen LogP contribution in [0.25, 0.3) is 0 Å². The molecule has 0 aliphatic heterocycles. The molecule has 0 bridgehead atoms. The summed E-state index contributed by atoms with van der Waals surface area (Å²) in [6, 6.07) is 18.5. The number of sulfonamides is 2. The summed E-state index contributed by atoms with van der Waals surface area (Å²) >= 11 is 0. The third-order valence-electron chi connectivity index (χ3n) is 5.72. The molecule has 0 aromatic heterocycles. The summed E-state index contributed by atoms with van der Waals surface area (Å²) in [4.78, 5) is 13.1. The third kappa shape index (κ3) is 6.48. The van der Waals surface area contributed by atoms with E-state index >= 15 is 0 Å². The van der Waals surface area contributed by atoms with E-state index in [-0.39, 0.29) is 15.5 Å². The van der Waals surface area contributed by atoms with Gasteiger partial charge in [0.25, 0.3) is 10.0 Å². The molecule has 3 aromatic rings. The van der Waals surface area contributed by atoms with Crippen LogP contribution in [-0.4, -0.2) is 53.8 Å². The number of nitrogens with zero attached hydrogens (tertiary/aromatic N) is 2. The molecule has 1 amide bonds. The number of rotatable bonds is 11. The molecule has 1 N–H and O–H groups in total. The van der Waals surface area contributed by atoms with Crippen molar-refractivity contribution < 1.29 is 26.4 Å². The Hall–Kier alpha value is -3.41. The molecule has 11 heteroatoms. The topological polar surface area (TPSA) is 113 Å². The van der Waals surface area contributed by atoms with Gasteiger partial charge in [-0.3, -0.25) is 9.10 Å². The minimum Gasteiger partial charge on any atom is -0.497 e. The molecule has 0 heterocycles. The highest BCUT2D eigenvalue weighted by molar-refractivity contribution is 7.92. The normalized spacial score (nSPS) is 11.8. The molecule has 9 nitrogen and oxygen atoms in total. The van der Waals surface area contributed by atoms with Gasteiger partial charge in [0.15, 0.2) is 0 Å². The van der Waals surface area contributed by atoms with Gasteiger partial charge >= 0.3 is 0 Å². The summed E-state index contributed by atoms with van der Waals surface area (Å²) < 4.78 is 60.1. The van der Waals surface area contributed by atoms with E-state index in [2.05, 4.69) is 5.32 Å². The predicted molar refractivity (Wildman–Crippen MR) is 144 cm³/mol. The Kier molecular flexibility index (Phi) is 8.95. The van der Waals surface area contributed by atoms with Crippen molar-refractivity contribution in [2.45, 2.75) is 30.6 Å². The van der Waals surface area contributed by atoms with Crippen LogP contribution < -0.4 is 14.4 Å². The Bertz CT molecular complexity index is 1430. The van der Waals surface area contributed by atoms with Gasteiger partial charge in [0.1, 0.15) is 12.3 Å². The standard InChI is InChI=1S/C26H31N3O6S2/c1-5-28(6-2)36(31,32)24-16-12-21(13-17-24)27-26(30)19-29(22-8-7-9-23(18-22)35-4)37(33,34)25-14-10-20(3)11-15-25/h7-18H,5-6,19H2,1-4H3,(H,27,30). The Labute approximate surface area is 218 Å². The minimum absolute atomic E-state index is 0.0414. The van der Waals surface area contributed by atoms with E-state index in [4.69, 9.17) is 4.74 Å². The first-order valence-electron chi connectivity index (χ1n) is 11.7. The van der Waals surface area contributed by atoms with E-state index in [0.29, 0.717) is 24.5 Å². The van der Waals surface area contributed by atoms with Crippen molar-refractivity contribution in [3.63, 3.8) is 0 Å². The van der Waals surface area contributed by atoms with Crippen molar-refractivity contribution in [3.05, 3.63) is 78.4 Å². The fraction of sp³-hybridized carbons (Fsp3) is 0.269. The van der Waals surface area contributed by atoms with Crippen LogP contribution in [0.15, 0.2) is 82.6 Å². The van der Waals surface area contributed by atoms with Gasteiger partial charge in [-0.15, -0.1) is 0 Å². The summed E-state index contributed by atoms with van der Waals surface area (Å²) in [7, 11) is -6.27. The second-order valence-electron chi connectivity index (χ2n) is 8.19. The van der Waals surface area contributed by atoms with Crippen molar-refractivity contribution in [2.75, 3.05) is 36.4 Å². The molecule has 0 radical (unpaired) electrons. The number of anilines is 2. The lowest BCUT2D eigenvalue weighted by atomic mass is 10.2. The lowest BCUT2D eigenvalue weighted by Gasteiger charge is -2.24. The van der Waals surface area contributed by atoms with Crippen LogP contribution in [0.4, 0.5) is 11.4 Å². The first-order chi connectivity index (χ1) is 17.5. The Balaban J connectivity index is 1.88. The number of hydrogen-bond acceptors (Lipinski definition) is 6. The number of benzene rings is 3. The van der Waals surface area contributed by atoms with Crippen LogP contribution in [0, 0.1) is 6.92 Å². The summed E-state index contributed by atoms with van der Waals surface area (Å²) in [5.41, 5.74) is 1.49. The predicted octanol–water partition coefficient (Wildman–Crippen LogP) is 3.87. The van der Waals surface area contributed by atoms with Gasteiger partial charge in [0.05, 0.1) is 22.6 Å². The van der Waals surface area contributed by atoms with E-state index < -0.39 is 32.5 Å². The van der Waals surface area contributed by atoms with Crippen molar-refractivity contribution in [2.24, 2.45) is 0 Å². The van der Waals surface area contributed by atoms with Gasteiger partial charge < -0.3 is 10.1 Å². The van der Waals surface area contributed by atoms with Crippen molar-refractivity contribution >= 4 is 37.3 Å². The van der Waals surface area contributed by atoms with Crippen LogP contribution in [0.2, 0.25) is 0 Å². The summed E-state index contributed by atoms with van der Waals surface area (Å²) in [6.45, 7) is 5.54. The Morgan fingerprint density at radius 3 is 1.97 bits per heavy atom. The molecule has 0 aliphatic carbocycles. The number of methoxy groups -OCH3 is 1. The number of amides is 1. The highest BCUT2D eigenvalue weighted by atomic mass is 32.2. The van der Waals surface area contributed by atoms with Crippen molar-refractivity contribution in [3.8, 4) is 5.75 Å². The number of carbonyl (C=O) groups is 1. The van der Waals surface area contributed by atoms with Crippen LogP contribution in [0.3, 0.4) is 0 Å². The largest absolute Gasteiger partial charge is 0.497 e. The first kappa shape index (κ1) is 28.2. The fourth-order valence-corrected chi connectivity index (χ4v) is 6.54. The van der Waals surface area contributed by atoms with Gasteiger partial charge in [-0.05, 0) is 55.5 Å². The zero-order valence-corrected chi connectivity index (χ0v) is 22.8. The molecule has 0 spiro atoms. The van der Waals surface area contributed by atoms with Crippen LogP contribution in [0.1, 0.15) is 19.4 Å². The third-order valence-corrected chi connectivity index (χ3v) is 9.57. The van der Waals surface area contributed by atoms with Gasteiger partial charge in [-0.1, -0.05) is 37.6 Å². The van der Waals surface area contributed by atoms with Crippen LogP contribution in [-0.2, 0) is 24.8 Å². The van der Waals surface area contributed by atoms with E-state index in [9.17, 15) is 21.6 Å². The van der Waals surface area contributed by atoms with E-state index in [1.165, 1.54) is 53.9 Å². The molecule has 37 heavy (non-hydrogen) atoms. The van der Waals surface area contributed by atoms with Crippen molar-refractivity contribution in [1.29, 1.82) is 0 Å². The molecule has 0 aliphatic rings. The number of ether oxygens (including phenoxy) is 1. The average molecular weight is 546 g/mol. The number of carbonyl (C=O) groups excluding carboxylic acids is 1. The van der Waals surface area contributed by atoms with Gasteiger partial charge in [-0.2, -0.15) is 4.31 Å². The molecule has 0 atom stereocenters. The summed E-state index contributed by atoms with van der Waals surface area (Å²) in [5, 5.41) is 2.65. The Morgan fingerprint density at radius 1 is 0.838 bits per heavy atom. The number of aryl methyl sites for hydroxylation is 1. The van der Waals surface area contributed by atoms with Gasteiger partial charge in [-0.25, -0.2) is 16.8 Å². The molecule has 0 fully saturated rings. The second kappa shape index (κ2) is 11.8. The Morgan fingerprint density at radius 2 is 1.41 bits per heavy atom. The highest BCUT2D eigenvalue weighted by Gasteiger charge is 2.28. The smallest absolute Gasteiger partial charge is 0.264 e. The molecule has 3 aromatic carbocycles. The zero-order valence-electron chi connectivity index (χ0n) is 21.2. The molecule has 0 unspecified atom stereocenters. The van der Waals surface area contributed by atoms with Crippen LogP contribution >= 0.6 is 0 Å². The summed E-state index contributed by atoms with van der Waals surface area (Å²) in [6.07, 6.45) is 0. The maximum Gasteiger partial charge on any atom is 0.264 e. The lowest BCUT2D eigenvalue weighted by molar-refractivity contribution is -0.114. The first-order valence-corrected chi connectivity index (χ1v) is 14.5. The zero-order chi connectivity index (χ0) is 27.2. The molecular weight excluding hydrogens is 514 g/mol. The van der Waals surface area contributed by atoms with E-state index in [1.54, 1.807) is 44.2 Å². The quantitative estimate of drug-likeness (QED) is 0.391. The van der Waals surface area contributed by atoms with E-state index in [1.807, 2.05) is 6.92 Å². The van der Waals surface area contributed by atoms with E-state index in [0.717, 1.165) is 9.87 Å². The minimum atomic E-state index is -4.09. The maximum atomic E-state index is 13.5. The second-order valence-corrected chi connectivity index (χ2v) is 12.0. The molecule has 198 valence electrons. The van der Waals surface area contributed by atoms with Gasteiger partial charge in [0.2, 0.25) is 15.9 Å². The van der Waals surface area contributed by atoms with Crippen LogP contribution in [0.5, 0.6) is 5.75 Å².